The van der Waals surface area contributed by atoms with Crippen molar-refractivity contribution in [2.75, 3.05) is 0 Å². The second-order valence-electron chi connectivity index (χ2n) is 3.97. The van der Waals surface area contributed by atoms with Gasteiger partial charge in [0.2, 0.25) is 0 Å². The average molecular weight is 259 g/mol. The van der Waals surface area contributed by atoms with Gasteiger partial charge in [-0.05, 0) is 43.8 Å². The zero-order valence-electron chi connectivity index (χ0n) is 10.5. The molecule has 18 heavy (non-hydrogen) atoms. The summed E-state index contributed by atoms with van der Waals surface area (Å²) in [4.78, 5) is 24.8. The lowest BCUT2D eigenvalue weighted by atomic mass is 10.3. The van der Waals surface area contributed by atoms with E-state index in [-0.39, 0.29) is 5.78 Å². The van der Waals surface area contributed by atoms with E-state index in [1.807, 2.05) is 26.0 Å². The standard InChI is InChI=1S/C13H13N3OS/c1-8-6-9(2)16-13(15-8)18-11-4-5-12(10(3)17)14-7-11/h4-7H,1-3H3. The lowest BCUT2D eigenvalue weighted by molar-refractivity contribution is 0.101. The van der Waals surface area contributed by atoms with Gasteiger partial charge in [0.15, 0.2) is 10.9 Å². The molecule has 0 spiro atoms. The minimum atomic E-state index is -0.0331. The first-order chi connectivity index (χ1) is 8.54. The van der Waals surface area contributed by atoms with Crippen LogP contribution in [0.25, 0.3) is 0 Å². The van der Waals surface area contributed by atoms with Crippen LogP contribution in [0.4, 0.5) is 0 Å². The van der Waals surface area contributed by atoms with Gasteiger partial charge < -0.3 is 0 Å². The highest BCUT2D eigenvalue weighted by atomic mass is 32.2. The number of Topliss-reactive ketones (excluding diaryl/α,β-unsaturated/α-hetero) is 1. The van der Waals surface area contributed by atoms with Crippen molar-refractivity contribution in [3.05, 3.63) is 41.5 Å². The molecule has 2 aromatic heterocycles. The van der Waals surface area contributed by atoms with Crippen LogP contribution in [-0.2, 0) is 0 Å². The largest absolute Gasteiger partial charge is 0.293 e. The number of carbonyl (C=O) groups excluding carboxylic acids is 1. The Morgan fingerprint density at radius 1 is 1.17 bits per heavy atom. The molecular formula is C13H13N3OS. The molecule has 0 bridgehead atoms. The third-order valence-electron chi connectivity index (χ3n) is 2.27. The van der Waals surface area contributed by atoms with Gasteiger partial charge in [-0.2, -0.15) is 0 Å². The van der Waals surface area contributed by atoms with Gasteiger partial charge in [-0.15, -0.1) is 0 Å². The van der Waals surface area contributed by atoms with Crippen LogP contribution in [0.1, 0.15) is 28.8 Å². The first-order valence-corrected chi connectivity index (χ1v) is 6.33. The van der Waals surface area contributed by atoms with Crippen LogP contribution < -0.4 is 0 Å². The van der Waals surface area contributed by atoms with Crippen LogP contribution in [0.15, 0.2) is 34.4 Å². The number of nitrogens with zero attached hydrogens (tertiary/aromatic N) is 3. The van der Waals surface area contributed by atoms with E-state index >= 15 is 0 Å². The van der Waals surface area contributed by atoms with E-state index in [9.17, 15) is 4.79 Å². The summed E-state index contributed by atoms with van der Waals surface area (Å²) in [5, 5.41) is 0.699. The molecule has 0 N–H and O–H groups in total. The summed E-state index contributed by atoms with van der Waals surface area (Å²) in [6.07, 6.45) is 1.67. The monoisotopic (exact) mass is 259 g/mol. The van der Waals surface area contributed by atoms with Gasteiger partial charge in [-0.3, -0.25) is 9.78 Å². The average Bonchev–Trinajstić information content (AvgIpc) is 2.28. The third kappa shape index (κ3) is 3.13. The molecule has 0 aliphatic carbocycles. The fraction of sp³-hybridized carbons (Fsp3) is 0.231. The number of pyridine rings is 1. The van der Waals surface area contributed by atoms with Crippen molar-refractivity contribution in [3.63, 3.8) is 0 Å². The van der Waals surface area contributed by atoms with E-state index in [4.69, 9.17) is 0 Å². The van der Waals surface area contributed by atoms with Crippen molar-refractivity contribution in [2.24, 2.45) is 0 Å². The summed E-state index contributed by atoms with van der Waals surface area (Å²) in [5.41, 5.74) is 2.36. The van der Waals surface area contributed by atoms with Gasteiger partial charge in [0.25, 0.3) is 0 Å². The van der Waals surface area contributed by atoms with Crippen molar-refractivity contribution < 1.29 is 4.79 Å². The zero-order valence-corrected chi connectivity index (χ0v) is 11.3. The lowest BCUT2D eigenvalue weighted by Crippen LogP contribution is -1.96. The van der Waals surface area contributed by atoms with Crippen molar-refractivity contribution >= 4 is 17.5 Å². The number of carbonyl (C=O) groups is 1. The predicted octanol–water partition coefficient (Wildman–Crippen LogP) is 2.84. The van der Waals surface area contributed by atoms with Crippen molar-refractivity contribution in [2.45, 2.75) is 30.8 Å². The van der Waals surface area contributed by atoms with E-state index in [1.54, 1.807) is 12.3 Å². The van der Waals surface area contributed by atoms with Crippen LogP contribution in [0.5, 0.6) is 0 Å². The third-order valence-corrected chi connectivity index (χ3v) is 3.11. The smallest absolute Gasteiger partial charge is 0.192 e. The first kappa shape index (κ1) is 12.7. The molecule has 0 saturated carbocycles. The topological polar surface area (TPSA) is 55.7 Å². The van der Waals surface area contributed by atoms with Crippen molar-refractivity contribution in [1.29, 1.82) is 0 Å². The van der Waals surface area contributed by atoms with E-state index in [0.29, 0.717) is 10.9 Å². The second-order valence-corrected chi connectivity index (χ2v) is 5.01. The Balaban J connectivity index is 2.20. The highest BCUT2D eigenvalue weighted by Crippen LogP contribution is 2.24. The molecular weight excluding hydrogens is 246 g/mol. The zero-order chi connectivity index (χ0) is 13.1. The van der Waals surface area contributed by atoms with Crippen LogP contribution in [0.2, 0.25) is 0 Å². The SMILES string of the molecule is CC(=O)c1ccc(Sc2nc(C)cc(C)n2)cn1. The molecule has 0 unspecified atom stereocenters. The Morgan fingerprint density at radius 3 is 2.33 bits per heavy atom. The first-order valence-electron chi connectivity index (χ1n) is 5.52. The van der Waals surface area contributed by atoms with E-state index < -0.39 is 0 Å². The molecule has 4 nitrogen and oxygen atoms in total. The quantitative estimate of drug-likeness (QED) is 0.626. The van der Waals surface area contributed by atoms with E-state index in [0.717, 1.165) is 16.3 Å². The number of hydrogen-bond acceptors (Lipinski definition) is 5. The number of rotatable bonds is 3. The van der Waals surface area contributed by atoms with Gasteiger partial charge in [-0.1, -0.05) is 0 Å². The van der Waals surface area contributed by atoms with Crippen molar-refractivity contribution in [1.82, 2.24) is 15.0 Å². The second kappa shape index (κ2) is 5.27. The number of aryl methyl sites for hydroxylation is 2. The van der Waals surface area contributed by atoms with Crippen LogP contribution in [-0.4, -0.2) is 20.7 Å². The number of aromatic nitrogens is 3. The molecule has 0 aromatic carbocycles. The van der Waals surface area contributed by atoms with Crippen molar-refractivity contribution in [3.8, 4) is 0 Å². The molecule has 0 saturated heterocycles. The normalized spacial score (nSPS) is 10.4. The molecule has 2 rings (SSSR count). The summed E-state index contributed by atoms with van der Waals surface area (Å²) >= 11 is 1.44. The molecule has 0 aliphatic heterocycles. The maximum Gasteiger partial charge on any atom is 0.192 e. The highest BCUT2D eigenvalue weighted by Gasteiger charge is 2.05. The van der Waals surface area contributed by atoms with Gasteiger partial charge in [-0.25, -0.2) is 9.97 Å². The molecule has 0 amide bonds. The Labute approximate surface area is 110 Å². The minimum absolute atomic E-state index is 0.0331. The molecule has 0 fully saturated rings. The number of ketones is 1. The maximum absolute atomic E-state index is 11.1. The van der Waals surface area contributed by atoms with Gasteiger partial charge >= 0.3 is 0 Å². The van der Waals surface area contributed by atoms with Gasteiger partial charge in [0.05, 0.1) is 0 Å². The Morgan fingerprint density at radius 2 is 1.83 bits per heavy atom. The molecule has 2 aromatic rings. The summed E-state index contributed by atoms with van der Waals surface area (Å²) in [6, 6.07) is 5.50. The van der Waals surface area contributed by atoms with Crippen LogP contribution in [0.3, 0.4) is 0 Å². The van der Waals surface area contributed by atoms with Gasteiger partial charge in [0, 0.05) is 29.4 Å². The fourth-order valence-electron chi connectivity index (χ4n) is 1.49. The molecule has 2 heterocycles. The Hall–Kier alpha value is -1.75. The fourth-order valence-corrected chi connectivity index (χ4v) is 2.33. The summed E-state index contributed by atoms with van der Waals surface area (Å²) in [6.45, 7) is 5.38. The van der Waals surface area contributed by atoms with Gasteiger partial charge in [0.1, 0.15) is 5.69 Å². The van der Waals surface area contributed by atoms with Crippen LogP contribution >= 0.6 is 11.8 Å². The highest BCUT2D eigenvalue weighted by molar-refractivity contribution is 7.99. The maximum atomic E-state index is 11.1. The summed E-state index contributed by atoms with van der Waals surface area (Å²) in [5.74, 6) is -0.0331. The molecule has 0 atom stereocenters. The molecule has 0 radical (unpaired) electrons. The molecule has 92 valence electrons. The molecule has 5 heteroatoms. The Kier molecular flexibility index (Phi) is 3.72. The van der Waals surface area contributed by atoms with Crippen LogP contribution in [0, 0.1) is 13.8 Å². The summed E-state index contributed by atoms with van der Waals surface area (Å²) < 4.78 is 0. The predicted molar refractivity (Wildman–Crippen MR) is 69.9 cm³/mol. The van der Waals surface area contributed by atoms with E-state index in [2.05, 4.69) is 15.0 Å². The molecule has 0 aliphatic rings. The summed E-state index contributed by atoms with van der Waals surface area (Å²) in [7, 11) is 0. The minimum Gasteiger partial charge on any atom is -0.293 e. The number of hydrogen-bond donors (Lipinski definition) is 0. The lowest BCUT2D eigenvalue weighted by Gasteiger charge is -2.03. The Bertz CT molecular complexity index is 561. The van der Waals surface area contributed by atoms with E-state index in [1.165, 1.54) is 18.7 Å².